The second-order valence-electron chi connectivity index (χ2n) is 7.44. The summed E-state index contributed by atoms with van der Waals surface area (Å²) < 4.78 is 0. The summed E-state index contributed by atoms with van der Waals surface area (Å²) in [5, 5.41) is 5.22. The van der Waals surface area contributed by atoms with Crippen molar-refractivity contribution in [2.24, 2.45) is 0 Å². The van der Waals surface area contributed by atoms with Crippen LogP contribution in [-0.4, -0.2) is 9.97 Å². The summed E-state index contributed by atoms with van der Waals surface area (Å²) in [6, 6.07) is 21.4. The van der Waals surface area contributed by atoms with Crippen LogP contribution in [0, 0.1) is 0 Å². The molecule has 2 nitrogen and oxygen atoms in total. The number of hydrogen-bond donors (Lipinski definition) is 0. The van der Waals surface area contributed by atoms with Gasteiger partial charge in [-0.3, -0.25) is 0 Å². The van der Waals surface area contributed by atoms with E-state index in [4.69, 9.17) is 9.97 Å². The Morgan fingerprint density at radius 2 is 1.31 bits per heavy atom. The molecule has 1 unspecified atom stereocenters. The first kappa shape index (κ1) is 14.2. The van der Waals surface area contributed by atoms with E-state index < -0.39 is 0 Å². The summed E-state index contributed by atoms with van der Waals surface area (Å²) in [7, 11) is 0. The van der Waals surface area contributed by atoms with Crippen LogP contribution in [0.5, 0.6) is 0 Å². The molecule has 0 saturated heterocycles. The molecule has 0 amide bonds. The number of benzene rings is 3. The van der Waals surface area contributed by atoms with Crippen molar-refractivity contribution in [2.75, 3.05) is 0 Å². The molecule has 2 heterocycles. The van der Waals surface area contributed by atoms with E-state index in [-0.39, 0.29) is 0 Å². The normalized spacial score (nSPS) is 16.7. The highest BCUT2D eigenvalue weighted by molar-refractivity contribution is 6.16. The van der Waals surface area contributed by atoms with E-state index in [1.807, 2.05) is 0 Å². The van der Waals surface area contributed by atoms with Gasteiger partial charge in [0.1, 0.15) is 0 Å². The third-order valence-electron chi connectivity index (χ3n) is 5.96. The molecule has 1 aliphatic carbocycles. The lowest BCUT2D eigenvalue weighted by molar-refractivity contribution is 0.697. The Bertz CT molecular complexity index is 1350. The molecule has 0 radical (unpaired) electrons. The van der Waals surface area contributed by atoms with Crippen molar-refractivity contribution in [3.63, 3.8) is 0 Å². The molecule has 0 bridgehead atoms. The third-order valence-corrected chi connectivity index (χ3v) is 5.96. The molecule has 3 aromatic carbocycles. The predicted octanol–water partition coefficient (Wildman–Crippen LogP) is 6.14. The highest BCUT2D eigenvalue weighted by Gasteiger charge is 2.23. The fourth-order valence-corrected chi connectivity index (χ4v) is 4.78. The number of fused-ring (bicyclic) bond motifs is 4. The largest absolute Gasteiger partial charge is 0.248 e. The molecule has 2 heteroatoms. The number of hydrogen-bond acceptors (Lipinski definition) is 2. The SMILES string of the molecule is CC1CCc2c3ccccc3nc3ccc4nc5ccccc5c1c4c23. The van der Waals surface area contributed by atoms with Gasteiger partial charge in [0, 0.05) is 21.5 Å². The molecule has 26 heavy (non-hydrogen) atoms. The Balaban J connectivity index is 1.96. The Morgan fingerprint density at radius 1 is 0.692 bits per heavy atom. The standard InChI is InChI=1S/C24H18N2/c1-14-10-11-16-15-6-2-4-8-18(15)25-20-12-13-21-24(23(16)20)22(14)17-7-3-5-9-19(17)26-21/h2-9,12-14H,10-11H2,1H3. The molecule has 1 atom stereocenters. The van der Waals surface area contributed by atoms with Crippen LogP contribution in [0.4, 0.5) is 0 Å². The Labute approximate surface area is 151 Å². The minimum atomic E-state index is 0.502. The molecular weight excluding hydrogens is 316 g/mol. The maximum atomic E-state index is 4.99. The molecule has 0 fully saturated rings. The zero-order valence-electron chi connectivity index (χ0n) is 14.7. The summed E-state index contributed by atoms with van der Waals surface area (Å²) in [6.45, 7) is 2.36. The number of pyridine rings is 2. The predicted molar refractivity (Wildman–Crippen MR) is 109 cm³/mol. The van der Waals surface area contributed by atoms with Gasteiger partial charge >= 0.3 is 0 Å². The van der Waals surface area contributed by atoms with E-state index in [1.165, 1.54) is 32.7 Å². The van der Waals surface area contributed by atoms with E-state index in [9.17, 15) is 0 Å². The molecule has 0 N–H and O–H groups in total. The first-order valence-corrected chi connectivity index (χ1v) is 9.34. The first-order valence-electron chi connectivity index (χ1n) is 9.34. The minimum Gasteiger partial charge on any atom is -0.248 e. The monoisotopic (exact) mass is 334 g/mol. The number of rotatable bonds is 0. The van der Waals surface area contributed by atoms with Crippen molar-refractivity contribution >= 4 is 43.6 Å². The minimum absolute atomic E-state index is 0.502. The van der Waals surface area contributed by atoms with Crippen LogP contribution in [0.25, 0.3) is 43.6 Å². The molecule has 0 aliphatic heterocycles. The van der Waals surface area contributed by atoms with Crippen LogP contribution < -0.4 is 0 Å². The molecule has 6 rings (SSSR count). The van der Waals surface area contributed by atoms with Gasteiger partial charge in [-0.05, 0) is 54.2 Å². The van der Waals surface area contributed by atoms with Gasteiger partial charge in [-0.1, -0.05) is 43.3 Å². The molecule has 5 aromatic rings. The Hall–Kier alpha value is -3.00. The van der Waals surface area contributed by atoms with E-state index in [1.54, 1.807) is 0 Å². The van der Waals surface area contributed by atoms with Gasteiger partial charge in [-0.25, -0.2) is 9.97 Å². The van der Waals surface area contributed by atoms with Crippen molar-refractivity contribution in [2.45, 2.75) is 25.7 Å². The fourth-order valence-electron chi connectivity index (χ4n) is 4.78. The van der Waals surface area contributed by atoms with Crippen LogP contribution in [-0.2, 0) is 6.42 Å². The number of aromatic nitrogens is 2. The lowest BCUT2D eigenvalue weighted by atomic mass is 9.91. The zero-order chi connectivity index (χ0) is 17.3. The highest BCUT2D eigenvalue weighted by Crippen LogP contribution is 2.43. The quantitative estimate of drug-likeness (QED) is 0.251. The number of aryl methyl sites for hydroxylation is 1. The van der Waals surface area contributed by atoms with Gasteiger partial charge in [-0.2, -0.15) is 0 Å². The van der Waals surface area contributed by atoms with Gasteiger partial charge in [0.25, 0.3) is 0 Å². The van der Waals surface area contributed by atoms with Crippen LogP contribution in [0.2, 0.25) is 0 Å². The van der Waals surface area contributed by atoms with Gasteiger partial charge in [0.05, 0.1) is 22.1 Å². The fraction of sp³-hybridized carbons (Fsp3) is 0.167. The van der Waals surface area contributed by atoms with Gasteiger partial charge in [0.15, 0.2) is 0 Å². The summed E-state index contributed by atoms with van der Waals surface area (Å²) in [5.74, 6) is 0.502. The van der Waals surface area contributed by atoms with Crippen LogP contribution >= 0.6 is 0 Å². The molecule has 0 spiro atoms. The lowest BCUT2D eigenvalue weighted by Crippen LogP contribution is -1.97. The van der Waals surface area contributed by atoms with Gasteiger partial charge in [-0.15, -0.1) is 0 Å². The van der Waals surface area contributed by atoms with Crippen molar-refractivity contribution in [1.29, 1.82) is 0 Å². The van der Waals surface area contributed by atoms with Crippen molar-refractivity contribution in [1.82, 2.24) is 9.97 Å². The Morgan fingerprint density at radius 3 is 2.08 bits per heavy atom. The Kier molecular flexibility index (Phi) is 2.74. The third kappa shape index (κ3) is 1.76. The number of para-hydroxylation sites is 2. The first-order chi connectivity index (χ1) is 12.8. The second kappa shape index (κ2) is 5.01. The highest BCUT2D eigenvalue weighted by atomic mass is 14.7. The maximum Gasteiger partial charge on any atom is 0.0720 e. The van der Waals surface area contributed by atoms with Gasteiger partial charge in [0.2, 0.25) is 0 Å². The van der Waals surface area contributed by atoms with E-state index >= 15 is 0 Å². The van der Waals surface area contributed by atoms with E-state index in [0.29, 0.717) is 5.92 Å². The average Bonchev–Trinajstić information content (AvgIpc) is 2.84. The van der Waals surface area contributed by atoms with Crippen molar-refractivity contribution < 1.29 is 0 Å². The summed E-state index contributed by atoms with van der Waals surface area (Å²) in [6.07, 6.45) is 2.24. The summed E-state index contributed by atoms with van der Waals surface area (Å²) >= 11 is 0. The smallest absolute Gasteiger partial charge is 0.0720 e. The van der Waals surface area contributed by atoms with Crippen molar-refractivity contribution in [3.05, 3.63) is 71.8 Å². The van der Waals surface area contributed by atoms with E-state index in [2.05, 4.69) is 67.6 Å². The van der Waals surface area contributed by atoms with Crippen LogP contribution in [0.3, 0.4) is 0 Å². The van der Waals surface area contributed by atoms with Crippen LogP contribution in [0.1, 0.15) is 30.4 Å². The van der Waals surface area contributed by atoms with E-state index in [0.717, 1.165) is 34.9 Å². The molecule has 124 valence electrons. The topological polar surface area (TPSA) is 25.8 Å². The average molecular weight is 334 g/mol. The van der Waals surface area contributed by atoms with Crippen LogP contribution in [0.15, 0.2) is 60.7 Å². The molecular formula is C24H18N2. The lowest BCUT2D eigenvalue weighted by Gasteiger charge is -2.16. The molecule has 2 aromatic heterocycles. The molecule has 1 aliphatic rings. The zero-order valence-corrected chi connectivity index (χ0v) is 14.7. The summed E-state index contributed by atoms with van der Waals surface area (Å²) in [4.78, 5) is 9.97. The van der Waals surface area contributed by atoms with Gasteiger partial charge < -0.3 is 0 Å². The van der Waals surface area contributed by atoms with Crippen molar-refractivity contribution in [3.8, 4) is 0 Å². The number of nitrogens with zero attached hydrogens (tertiary/aromatic N) is 2. The summed E-state index contributed by atoms with van der Waals surface area (Å²) in [5.41, 5.74) is 7.28. The second-order valence-corrected chi connectivity index (χ2v) is 7.44. The molecule has 0 saturated carbocycles. The maximum absolute atomic E-state index is 4.99.